The summed E-state index contributed by atoms with van der Waals surface area (Å²) in [6.45, 7) is 4.05. The largest absolute Gasteiger partial charge is 0.376 e. The lowest BCUT2D eigenvalue weighted by molar-refractivity contribution is -0.119. The molecule has 1 amide bonds. The van der Waals surface area contributed by atoms with Crippen LogP contribution in [0.4, 0.5) is 5.69 Å². The molecular weight excluding hydrogens is 310 g/mol. The molecule has 2 rings (SSSR count). The van der Waals surface area contributed by atoms with Gasteiger partial charge in [-0.15, -0.1) is 0 Å². The molecule has 0 spiro atoms. The minimum Gasteiger partial charge on any atom is -0.376 e. The molecule has 0 radical (unpaired) electrons. The number of amides is 1. The number of nitrogens with zero attached hydrogens (tertiary/aromatic N) is 1. The van der Waals surface area contributed by atoms with Crippen LogP contribution in [0.5, 0.6) is 0 Å². The van der Waals surface area contributed by atoms with Gasteiger partial charge in [-0.05, 0) is 36.6 Å². The van der Waals surface area contributed by atoms with E-state index in [1.54, 1.807) is 0 Å². The lowest BCUT2D eigenvalue weighted by atomic mass is 10.1. The SMILES string of the molecule is CC/C(=N/NC(=O)CNc1cccc(Cl)c1C)c1ccccc1. The van der Waals surface area contributed by atoms with Gasteiger partial charge in [0.15, 0.2) is 0 Å². The number of hydrazone groups is 1. The maximum absolute atomic E-state index is 12.0. The molecule has 0 aliphatic carbocycles. The lowest BCUT2D eigenvalue weighted by Gasteiger charge is -2.10. The molecule has 0 saturated heterocycles. The number of anilines is 1. The van der Waals surface area contributed by atoms with E-state index < -0.39 is 0 Å². The maximum atomic E-state index is 12.0. The first-order chi connectivity index (χ1) is 11.1. The Bertz CT molecular complexity index is 699. The summed E-state index contributed by atoms with van der Waals surface area (Å²) in [7, 11) is 0. The first kappa shape index (κ1) is 17.0. The molecule has 0 atom stereocenters. The molecule has 23 heavy (non-hydrogen) atoms. The normalized spacial score (nSPS) is 11.2. The number of carbonyl (C=O) groups excluding carboxylic acids is 1. The van der Waals surface area contributed by atoms with Crippen LogP contribution in [0.25, 0.3) is 0 Å². The van der Waals surface area contributed by atoms with Crippen molar-refractivity contribution < 1.29 is 4.79 Å². The fraction of sp³-hybridized carbons (Fsp3) is 0.222. The third-order valence-corrected chi connectivity index (χ3v) is 3.87. The Morgan fingerprint density at radius 1 is 1.13 bits per heavy atom. The van der Waals surface area contributed by atoms with Gasteiger partial charge in [0.25, 0.3) is 5.91 Å². The number of rotatable bonds is 6. The van der Waals surface area contributed by atoms with Crippen molar-refractivity contribution in [1.82, 2.24) is 5.43 Å². The van der Waals surface area contributed by atoms with E-state index in [0.717, 1.165) is 28.9 Å². The zero-order chi connectivity index (χ0) is 16.7. The topological polar surface area (TPSA) is 53.5 Å². The number of halogens is 1. The number of carbonyl (C=O) groups is 1. The smallest absolute Gasteiger partial charge is 0.259 e. The molecule has 2 aromatic carbocycles. The van der Waals surface area contributed by atoms with Crippen LogP contribution in [0.3, 0.4) is 0 Å². The van der Waals surface area contributed by atoms with Crippen molar-refractivity contribution in [2.45, 2.75) is 20.3 Å². The molecule has 0 fully saturated rings. The zero-order valence-electron chi connectivity index (χ0n) is 13.3. The fourth-order valence-corrected chi connectivity index (χ4v) is 2.30. The van der Waals surface area contributed by atoms with Crippen LogP contribution in [0.15, 0.2) is 53.6 Å². The van der Waals surface area contributed by atoms with Crippen LogP contribution in [-0.4, -0.2) is 18.2 Å². The summed E-state index contributed by atoms with van der Waals surface area (Å²) < 4.78 is 0. The molecule has 0 aromatic heterocycles. The average molecular weight is 330 g/mol. The third-order valence-electron chi connectivity index (χ3n) is 3.46. The fourth-order valence-electron chi connectivity index (χ4n) is 2.12. The quantitative estimate of drug-likeness (QED) is 0.622. The Hall–Kier alpha value is -2.33. The molecule has 2 N–H and O–H groups in total. The number of hydrogen-bond acceptors (Lipinski definition) is 3. The van der Waals surface area contributed by atoms with E-state index in [-0.39, 0.29) is 12.5 Å². The van der Waals surface area contributed by atoms with E-state index in [0.29, 0.717) is 5.02 Å². The highest BCUT2D eigenvalue weighted by Gasteiger charge is 2.05. The van der Waals surface area contributed by atoms with Crippen LogP contribution < -0.4 is 10.7 Å². The molecule has 0 heterocycles. The predicted molar refractivity (Wildman–Crippen MR) is 96.1 cm³/mol. The number of nitrogens with one attached hydrogen (secondary N) is 2. The molecule has 0 bridgehead atoms. The zero-order valence-corrected chi connectivity index (χ0v) is 14.0. The van der Waals surface area contributed by atoms with Crippen molar-refractivity contribution in [1.29, 1.82) is 0 Å². The van der Waals surface area contributed by atoms with E-state index >= 15 is 0 Å². The van der Waals surface area contributed by atoms with Crippen molar-refractivity contribution in [2.75, 3.05) is 11.9 Å². The van der Waals surface area contributed by atoms with E-state index in [1.165, 1.54) is 0 Å². The molecule has 120 valence electrons. The average Bonchev–Trinajstić information content (AvgIpc) is 2.58. The van der Waals surface area contributed by atoms with Gasteiger partial charge in [-0.3, -0.25) is 4.79 Å². The Balaban J connectivity index is 1.94. The van der Waals surface area contributed by atoms with Crippen LogP contribution >= 0.6 is 11.6 Å². The van der Waals surface area contributed by atoms with Crippen molar-refractivity contribution >= 4 is 28.9 Å². The van der Waals surface area contributed by atoms with Gasteiger partial charge in [0.05, 0.1) is 12.3 Å². The van der Waals surface area contributed by atoms with Gasteiger partial charge in [-0.1, -0.05) is 54.9 Å². The standard InChI is InChI=1S/C18H20ClN3O/c1-3-16(14-8-5-4-6-9-14)21-22-18(23)12-20-17-11-7-10-15(19)13(17)2/h4-11,20H,3,12H2,1-2H3,(H,22,23)/b21-16-. The molecule has 2 aromatic rings. The van der Waals surface area contributed by atoms with Gasteiger partial charge in [-0.2, -0.15) is 5.10 Å². The second kappa shape index (κ2) is 8.34. The Morgan fingerprint density at radius 3 is 2.57 bits per heavy atom. The summed E-state index contributed by atoms with van der Waals surface area (Å²) in [6, 6.07) is 15.4. The van der Waals surface area contributed by atoms with Gasteiger partial charge in [0.2, 0.25) is 0 Å². The molecule has 5 heteroatoms. The van der Waals surface area contributed by atoms with Gasteiger partial charge in [0.1, 0.15) is 0 Å². The minimum absolute atomic E-state index is 0.135. The summed E-state index contributed by atoms with van der Waals surface area (Å²) in [5.41, 5.74) is 6.21. The second-order valence-corrected chi connectivity index (χ2v) is 5.49. The summed E-state index contributed by atoms with van der Waals surface area (Å²) in [5, 5.41) is 7.96. The summed E-state index contributed by atoms with van der Waals surface area (Å²) in [6.07, 6.45) is 0.741. The van der Waals surface area contributed by atoms with E-state index in [9.17, 15) is 4.79 Å². The van der Waals surface area contributed by atoms with Crippen LogP contribution in [0.2, 0.25) is 5.02 Å². The second-order valence-electron chi connectivity index (χ2n) is 5.08. The number of benzene rings is 2. The Morgan fingerprint density at radius 2 is 1.87 bits per heavy atom. The minimum atomic E-state index is -0.203. The lowest BCUT2D eigenvalue weighted by Crippen LogP contribution is -2.27. The highest BCUT2D eigenvalue weighted by atomic mass is 35.5. The van der Waals surface area contributed by atoms with Crippen molar-refractivity contribution in [3.05, 3.63) is 64.7 Å². The third kappa shape index (κ3) is 4.83. The first-order valence-corrected chi connectivity index (χ1v) is 7.89. The van der Waals surface area contributed by atoms with E-state index in [4.69, 9.17) is 11.6 Å². The van der Waals surface area contributed by atoms with Crippen molar-refractivity contribution in [2.24, 2.45) is 5.10 Å². The monoisotopic (exact) mass is 329 g/mol. The Labute approximate surface area is 141 Å². The molecule has 0 unspecified atom stereocenters. The molecule has 0 aliphatic heterocycles. The number of hydrogen-bond donors (Lipinski definition) is 2. The Kier molecular flexibility index (Phi) is 6.18. The van der Waals surface area contributed by atoms with Crippen molar-refractivity contribution in [3.63, 3.8) is 0 Å². The van der Waals surface area contributed by atoms with Gasteiger partial charge >= 0.3 is 0 Å². The highest BCUT2D eigenvalue weighted by Crippen LogP contribution is 2.22. The molecular formula is C18H20ClN3O. The van der Waals surface area contributed by atoms with Crippen LogP contribution in [0.1, 0.15) is 24.5 Å². The van der Waals surface area contributed by atoms with E-state index in [1.807, 2.05) is 62.4 Å². The van der Waals surface area contributed by atoms with Crippen molar-refractivity contribution in [3.8, 4) is 0 Å². The van der Waals surface area contributed by atoms with Gasteiger partial charge in [-0.25, -0.2) is 5.43 Å². The summed E-state index contributed by atoms with van der Waals surface area (Å²) in [5.74, 6) is -0.203. The van der Waals surface area contributed by atoms with Crippen LogP contribution in [0, 0.1) is 6.92 Å². The summed E-state index contributed by atoms with van der Waals surface area (Å²) in [4.78, 5) is 12.0. The maximum Gasteiger partial charge on any atom is 0.259 e. The molecule has 0 aliphatic rings. The summed E-state index contributed by atoms with van der Waals surface area (Å²) >= 11 is 6.06. The molecule has 0 saturated carbocycles. The van der Waals surface area contributed by atoms with E-state index in [2.05, 4.69) is 15.8 Å². The first-order valence-electron chi connectivity index (χ1n) is 7.51. The van der Waals surface area contributed by atoms with Gasteiger partial charge < -0.3 is 5.32 Å². The highest BCUT2D eigenvalue weighted by molar-refractivity contribution is 6.31. The van der Waals surface area contributed by atoms with Gasteiger partial charge in [0, 0.05) is 10.7 Å². The molecule has 4 nitrogen and oxygen atoms in total. The van der Waals surface area contributed by atoms with Crippen LogP contribution in [-0.2, 0) is 4.79 Å². The predicted octanol–water partition coefficient (Wildman–Crippen LogP) is 3.99.